The van der Waals surface area contributed by atoms with Crippen molar-refractivity contribution < 1.29 is 0 Å². The number of rotatable bonds is 4. The molecule has 1 fully saturated rings. The summed E-state index contributed by atoms with van der Waals surface area (Å²) < 4.78 is 0. The van der Waals surface area contributed by atoms with Crippen molar-refractivity contribution in [2.75, 3.05) is 32.7 Å². The number of benzene rings is 1. The van der Waals surface area contributed by atoms with Gasteiger partial charge in [0.25, 0.3) is 0 Å². The highest BCUT2D eigenvalue weighted by Crippen LogP contribution is 2.20. The van der Waals surface area contributed by atoms with Gasteiger partial charge in [-0.05, 0) is 38.4 Å². The molecular formula is C17H29N3. The van der Waals surface area contributed by atoms with Gasteiger partial charge in [0.2, 0.25) is 0 Å². The maximum absolute atomic E-state index is 6.45. The normalized spacial score (nSPS) is 22.9. The van der Waals surface area contributed by atoms with Crippen molar-refractivity contribution in [1.82, 2.24) is 9.80 Å². The van der Waals surface area contributed by atoms with Crippen LogP contribution < -0.4 is 5.73 Å². The second kappa shape index (κ2) is 6.70. The summed E-state index contributed by atoms with van der Waals surface area (Å²) in [6.07, 6.45) is 0. The van der Waals surface area contributed by atoms with Gasteiger partial charge >= 0.3 is 0 Å². The molecule has 2 atom stereocenters. The van der Waals surface area contributed by atoms with Gasteiger partial charge in [0.15, 0.2) is 0 Å². The Morgan fingerprint density at radius 2 is 2.05 bits per heavy atom. The molecule has 1 aliphatic rings. The fourth-order valence-electron chi connectivity index (χ4n) is 3.24. The van der Waals surface area contributed by atoms with E-state index in [0.717, 1.165) is 32.7 Å². The third kappa shape index (κ3) is 3.60. The van der Waals surface area contributed by atoms with E-state index in [0.29, 0.717) is 6.04 Å². The number of hydrogen-bond acceptors (Lipinski definition) is 3. The van der Waals surface area contributed by atoms with Crippen molar-refractivity contribution >= 4 is 0 Å². The van der Waals surface area contributed by atoms with Gasteiger partial charge in [-0.3, -0.25) is 9.80 Å². The maximum Gasteiger partial charge on any atom is 0.0427 e. The van der Waals surface area contributed by atoms with Crippen LogP contribution in [0.2, 0.25) is 0 Å². The third-order valence-electron chi connectivity index (χ3n) is 4.54. The predicted molar refractivity (Wildman–Crippen MR) is 86.0 cm³/mol. The molecule has 112 valence electrons. The van der Waals surface area contributed by atoms with Crippen LogP contribution in [0, 0.1) is 13.8 Å². The number of nitrogens with zero attached hydrogens (tertiary/aromatic N) is 2. The minimum atomic E-state index is 0.121. The third-order valence-corrected chi connectivity index (χ3v) is 4.54. The molecule has 2 rings (SSSR count). The van der Waals surface area contributed by atoms with Gasteiger partial charge in [0, 0.05) is 38.3 Å². The molecule has 1 aromatic rings. The molecule has 3 nitrogen and oxygen atoms in total. The molecule has 0 aromatic heterocycles. The summed E-state index contributed by atoms with van der Waals surface area (Å²) in [5.41, 5.74) is 10.4. The van der Waals surface area contributed by atoms with Crippen LogP contribution in [0.3, 0.4) is 0 Å². The van der Waals surface area contributed by atoms with Crippen LogP contribution in [0.4, 0.5) is 0 Å². The highest BCUT2D eigenvalue weighted by atomic mass is 15.3. The molecule has 0 bridgehead atoms. The van der Waals surface area contributed by atoms with Crippen molar-refractivity contribution in [1.29, 1.82) is 0 Å². The van der Waals surface area contributed by atoms with Crippen LogP contribution in [0.15, 0.2) is 18.2 Å². The number of likely N-dealkylation sites (N-methyl/N-ethyl adjacent to an activating group) is 1. The Morgan fingerprint density at radius 3 is 2.70 bits per heavy atom. The van der Waals surface area contributed by atoms with Gasteiger partial charge in [-0.2, -0.15) is 0 Å². The molecule has 1 saturated heterocycles. The Balaban J connectivity index is 1.98. The lowest BCUT2D eigenvalue weighted by Crippen LogP contribution is -2.52. The van der Waals surface area contributed by atoms with E-state index in [1.165, 1.54) is 16.7 Å². The van der Waals surface area contributed by atoms with Gasteiger partial charge < -0.3 is 5.73 Å². The second-order valence-electron chi connectivity index (χ2n) is 6.20. The van der Waals surface area contributed by atoms with Gasteiger partial charge in [0.1, 0.15) is 0 Å². The first-order chi connectivity index (χ1) is 9.51. The highest BCUT2D eigenvalue weighted by Gasteiger charge is 2.24. The summed E-state index contributed by atoms with van der Waals surface area (Å²) in [5.74, 6) is 0. The largest absolute Gasteiger partial charge is 0.323 e. The lowest BCUT2D eigenvalue weighted by molar-refractivity contribution is 0.0841. The molecule has 2 unspecified atom stereocenters. The van der Waals surface area contributed by atoms with Crippen LogP contribution in [0.25, 0.3) is 0 Å². The van der Waals surface area contributed by atoms with E-state index in [2.05, 4.69) is 55.7 Å². The van der Waals surface area contributed by atoms with Crippen LogP contribution in [-0.2, 0) is 0 Å². The SMILES string of the molecule is CCN1CCN(CC(N)c2cc(C)ccc2C)CC1C. The summed E-state index contributed by atoms with van der Waals surface area (Å²) in [6, 6.07) is 7.34. The highest BCUT2D eigenvalue weighted by molar-refractivity contribution is 5.33. The summed E-state index contributed by atoms with van der Waals surface area (Å²) in [5, 5.41) is 0. The monoisotopic (exact) mass is 275 g/mol. The quantitative estimate of drug-likeness (QED) is 0.915. The number of nitrogens with two attached hydrogens (primary N) is 1. The average molecular weight is 275 g/mol. The fourth-order valence-corrected chi connectivity index (χ4v) is 3.24. The molecule has 1 heterocycles. The second-order valence-corrected chi connectivity index (χ2v) is 6.20. The molecule has 20 heavy (non-hydrogen) atoms. The molecule has 0 saturated carbocycles. The molecule has 3 heteroatoms. The molecule has 0 aliphatic carbocycles. The summed E-state index contributed by atoms with van der Waals surface area (Å²) in [4.78, 5) is 5.06. The number of hydrogen-bond donors (Lipinski definition) is 1. The molecule has 0 amide bonds. The van der Waals surface area contributed by atoms with Crippen molar-refractivity contribution in [2.24, 2.45) is 5.73 Å². The van der Waals surface area contributed by atoms with Crippen LogP contribution in [-0.4, -0.2) is 48.6 Å². The van der Waals surface area contributed by atoms with E-state index in [9.17, 15) is 0 Å². The van der Waals surface area contributed by atoms with Crippen molar-refractivity contribution in [3.8, 4) is 0 Å². The fraction of sp³-hybridized carbons (Fsp3) is 0.647. The number of piperazine rings is 1. The molecule has 0 spiro atoms. The number of aryl methyl sites for hydroxylation is 2. The van der Waals surface area contributed by atoms with E-state index in [-0.39, 0.29) is 6.04 Å². The molecular weight excluding hydrogens is 246 g/mol. The van der Waals surface area contributed by atoms with Crippen LogP contribution in [0.1, 0.15) is 36.6 Å². The lowest BCUT2D eigenvalue weighted by Gasteiger charge is -2.40. The predicted octanol–water partition coefficient (Wildman–Crippen LogP) is 2.33. The minimum Gasteiger partial charge on any atom is -0.323 e. The zero-order valence-electron chi connectivity index (χ0n) is 13.4. The Labute approximate surface area is 123 Å². The summed E-state index contributed by atoms with van der Waals surface area (Å²) in [6.45, 7) is 14.4. The lowest BCUT2D eigenvalue weighted by atomic mass is 9.98. The molecule has 0 radical (unpaired) electrons. The van der Waals surface area contributed by atoms with E-state index < -0.39 is 0 Å². The average Bonchev–Trinajstić information content (AvgIpc) is 2.41. The molecule has 2 N–H and O–H groups in total. The first-order valence-corrected chi connectivity index (χ1v) is 7.80. The Bertz CT molecular complexity index is 444. The van der Waals surface area contributed by atoms with Crippen LogP contribution in [0.5, 0.6) is 0 Å². The molecule has 1 aliphatic heterocycles. The maximum atomic E-state index is 6.45. The molecule has 1 aromatic carbocycles. The first-order valence-electron chi connectivity index (χ1n) is 7.80. The van der Waals surface area contributed by atoms with Crippen molar-refractivity contribution in [2.45, 2.75) is 39.8 Å². The van der Waals surface area contributed by atoms with Crippen LogP contribution >= 0.6 is 0 Å². The standard InChI is InChI=1S/C17H29N3/c1-5-20-9-8-19(11-15(20)4)12-17(18)16-10-13(2)6-7-14(16)3/h6-7,10,15,17H,5,8-9,11-12,18H2,1-4H3. The first kappa shape index (κ1) is 15.5. The van der Waals surface area contributed by atoms with Gasteiger partial charge in [-0.25, -0.2) is 0 Å². The minimum absolute atomic E-state index is 0.121. The van der Waals surface area contributed by atoms with Gasteiger partial charge in [-0.15, -0.1) is 0 Å². The van der Waals surface area contributed by atoms with E-state index in [4.69, 9.17) is 5.73 Å². The van der Waals surface area contributed by atoms with Gasteiger partial charge in [-0.1, -0.05) is 30.7 Å². The zero-order chi connectivity index (χ0) is 14.7. The Kier molecular flexibility index (Phi) is 5.19. The van der Waals surface area contributed by atoms with E-state index in [1.54, 1.807) is 0 Å². The van der Waals surface area contributed by atoms with E-state index in [1.807, 2.05) is 0 Å². The Hall–Kier alpha value is -0.900. The van der Waals surface area contributed by atoms with E-state index >= 15 is 0 Å². The Morgan fingerprint density at radius 1 is 1.30 bits per heavy atom. The van der Waals surface area contributed by atoms with Crippen molar-refractivity contribution in [3.05, 3.63) is 34.9 Å². The van der Waals surface area contributed by atoms with Gasteiger partial charge in [0.05, 0.1) is 0 Å². The zero-order valence-corrected chi connectivity index (χ0v) is 13.4. The topological polar surface area (TPSA) is 32.5 Å². The van der Waals surface area contributed by atoms with Crippen molar-refractivity contribution in [3.63, 3.8) is 0 Å². The smallest absolute Gasteiger partial charge is 0.0427 e. The summed E-state index contributed by atoms with van der Waals surface area (Å²) >= 11 is 0. The summed E-state index contributed by atoms with van der Waals surface area (Å²) in [7, 11) is 0.